The predicted octanol–water partition coefficient (Wildman–Crippen LogP) is 1.59. The fourth-order valence-electron chi connectivity index (χ4n) is 2.42. The highest BCUT2D eigenvalue weighted by molar-refractivity contribution is 5.78. The number of para-hydroxylation sites is 1. The van der Waals surface area contributed by atoms with Gasteiger partial charge in [0.25, 0.3) is 0 Å². The SMILES string of the molecule is CCn1ncnc1CC(NN)c1ccc2ccccc2n1. The standard InChI is InChI=1S/C15H18N6/c1-2-21-15(17-10-18-21)9-14(20-16)13-8-7-11-5-3-4-6-12(11)19-13/h3-8,10,14,20H,2,9,16H2,1H3. The molecule has 0 radical (unpaired) electrons. The number of aromatic nitrogens is 4. The van der Waals surface area contributed by atoms with Crippen LogP contribution in [-0.2, 0) is 13.0 Å². The summed E-state index contributed by atoms with van der Waals surface area (Å²) >= 11 is 0. The maximum Gasteiger partial charge on any atom is 0.138 e. The van der Waals surface area contributed by atoms with E-state index in [0.717, 1.165) is 29.0 Å². The summed E-state index contributed by atoms with van der Waals surface area (Å²) in [5.41, 5.74) is 4.70. The molecule has 1 aromatic carbocycles. The Labute approximate surface area is 123 Å². The quantitative estimate of drug-likeness (QED) is 0.548. The minimum Gasteiger partial charge on any atom is -0.271 e. The lowest BCUT2D eigenvalue weighted by Gasteiger charge is -2.15. The number of fused-ring (bicyclic) bond motifs is 1. The lowest BCUT2D eigenvalue weighted by molar-refractivity contribution is 0.502. The Hall–Kier alpha value is -2.31. The molecule has 21 heavy (non-hydrogen) atoms. The normalized spacial score (nSPS) is 12.7. The van der Waals surface area contributed by atoms with Crippen LogP contribution in [0, 0.1) is 0 Å². The predicted molar refractivity (Wildman–Crippen MR) is 81.2 cm³/mol. The van der Waals surface area contributed by atoms with Crippen LogP contribution in [0.5, 0.6) is 0 Å². The van der Waals surface area contributed by atoms with E-state index in [2.05, 4.69) is 26.6 Å². The molecular weight excluding hydrogens is 264 g/mol. The third-order valence-electron chi connectivity index (χ3n) is 3.56. The van der Waals surface area contributed by atoms with Gasteiger partial charge in [-0.15, -0.1) is 0 Å². The highest BCUT2D eigenvalue weighted by Gasteiger charge is 2.16. The van der Waals surface area contributed by atoms with Crippen LogP contribution in [0.2, 0.25) is 0 Å². The molecular formula is C15H18N6. The Morgan fingerprint density at radius 2 is 2.10 bits per heavy atom. The average Bonchev–Trinajstić information content (AvgIpc) is 2.99. The first-order valence-corrected chi connectivity index (χ1v) is 7.00. The number of benzene rings is 1. The zero-order valence-electron chi connectivity index (χ0n) is 11.9. The van der Waals surface area contributed by atoms with Gasteiger partial charge >= 0.3 is 0 Å². The summed E-state index contributed by atoms with van der Waals surface area (Å²) in [6, 6.07) is 12.0. The van der Waals surface area contributed by atoms with E-state index in [1.165, 1.54) is 0 Å². The number of aryl methyl sites for hydroxylation is 1. The molecule has 6 heteroatoms. The van der Waals surface area contributed by atoms with Gasteiger partial charge in [-0.25, -0.2) is 4.98 Å². The number of hydrogen-bond acceptors (Lipinski definition) is 5. The molecule has 0 aliphatic rings. The maximum absolute atomic E-state index is 5.71. The van der Waals surface area contributed by atoms with E-state index >= 15 is 0 Å². The molecule has 0 spiro atoms. The lowest BCUT2D eigenvalue weighted by atomic mass is 10.1. The minimum atomic E-state index is -0.0934. The topological polar surface area (TPSA) is 81.7 Å². The molecule has 2 heterocycles. The van der Waals surface area contributed by atoms with Gasteiger partial charge in [-0.2, -0.15) is 5.10 Å². The molecule has 108 valence electrons. The first-order chi connectivity index (χ1) is 10.3. The Balaban J connectivity index is 1.90. The van der Waals surface area contributed by atoms with Crippen molar-refractivity contribution in [3.8, 4) is 0 Å². The molecule has 0 amide bonds. The molecule has 2 aromatic heterocycles. The molecule has 6 nitrogen and oxygen atoms in total. The summed E-state index contributed by atoms with van der Waals surface area (Å²) in [4.78, 5) is 8.97. The molecule has 1 unspecified atom stereocenters. The van der Waals surface area contributed by atoms with E-state index in [4.69, 9.17) is 5.84 Å². The Bertz CT molecular complexity index is 736. The van der Waals surface area contributed by atoms with Crippen molar-refractivity contribution in [3.63, 3.8) is 0 Å². The number of nitrogens with zero attached hydrogens (tertiary/aromatic N) is 4. The highest BCUT2D eigenvalue weighted by atomic mass is 15.3. The zero-order valence-corrected chi connectivity index (χ0v) is 11.9. The van der Waals surface area contributed by atoms with E-state index < -0.39 is 0 Å². The second kappa shape index (κ2) is 5.99. The first-order valence-electron chi connectivity index (χ1n) is 7.00. The largest absolute Gasteiger partial charge is 0.271 e. The van der Waals surface area contributed by atoms with Gasteiger partial charge in [-0.3, -0.25) is 20.9 Å². The van der Waals surface area contributed by atoms with Crippen LogP contribution < -0.4 is 11.3 Å². The maximum atomic E-state index is 5.71. The molecule has 3 N–H and O–H groups in total. The third-order valence-corrected chi connectivity index (χ3v) is 3.56. The van der Waals surface area contributed by atoms with Gasteiger partial charge in [-0.1, -0.05) is 24.3 Å². The van der Waals surface area contributed by atoms with E-state index in [1.54, 1.807) is 6.33 Å². The van der Waals surface area contributed by atoms with Crippen molar-refractivity contribution in [2.75, 3.05) is 0 Å². The Morgan fingerprint density at radius 1 is 1.24 bits per heavy atom. The van der Waals surface area contributed by atoms with Crippen molar-refractivity contribution >= 4 is 10.9 Å². The molecule has 1 atom stereocenters. The van der Waals surface area contributed by atoms with Crippen molar-refractivity contribution < 1.29 is 0 Å². The summed E-state index contributed by atoms with van der Waals surface area (Å²) in [5.74, 6) is 6.61. The molecule has 3 aromatic rings. The van der Waals surface area contributed by atoms with E-state index in [-0.39, 0.29) is 6.04 Å². The number of rotatable bonds is 5. The number of hydrogen-bond donors (Lipinski definition) is 2. The number of hydrazine groups is 1. The van der Waals surface area contributed by atoms with E-state index in [1.807, 2.05) is 41.9 Å². The van der Waals surface area contributed by atoms with Crippen molar-refractivity contribution in [3.05, 3.63) is 54.2 Å². The average molecular weight is 282 g/mol. The van der Waals surface area contributed by atoms with Crippen molar-refractivity contribution in [2.45, 2.75) is 25.9 Å². The summed E-state index contributed by atoms with van der Waals surface area (Å²) in [6.07, 6.45) is 2.22. The van der Waals surface area contributed by atoms with Crippen LogP contribution in [0.4, 0.5) is 0 Å². The van der Waals surface area contributed by atoms with Gasteiger partial charge in [0, 0.05) is 18.4 Å². The monoisotopic (exact) mass is 282 g/mol. The van der Waals surface area contributed by atoms with Crippen molar-refractivity contribution in [1.82, 2.24) is 25.2 Å². The van der Waals surface area contributed by atoms with Gasteiger partial charge in [0.15, 0.2) is 0 Å². The minimum absolute atomic E-state index is 0.0934. The summed E-state index contributed by atoms with van der Waals surface area (Å²) in [5, 5.41) is 5.30. The number of pyridine rings is 1. The second-order valence-corrected chi connectivity index (χ2v) is 4.84. The smallest absolute Gasteiger partial charge is 0.138 e. The fraction of sp³-hybridized carbons (Fsp3) is 0.267. The van der Waals surface area contributed by atoms with Gasteiger partial charge in [0.1, 0.15) is 12.2 Å². The van der Waals surface area contributed by atoms with E-state index in [9.17, 15) is 0 Å². The van der Waals surface area contributed by atoms with E-state index in [0.29, 0.717) is 6.42 Å². The first kappa shape index (κ1) is 13.7. The highest BCUT2D eigenvalue weighted by Crippen LogP contribution is 2.19. The lowest BCUT2D eigenvalue weighted by Crippen LogP contribution is -2.31. The van der Waals surface area contributed by atoms with Gasteiger partial charge in [0.2, 0.25) is 0 Å². The van der Waals surface area contributed by atoms with Crippen molar-refractivity contribution in [2.24, 2.45) is 5.84 Å². The van der Waals surface area contributed by atoms with Crippen LogP contribution in [0.15, 0.2) is 42.7 Å². The van der Waals surface area contributed by atoms with Crippen LogP contribution >= 0.6 is 0 Å². The third kappa shape index (κ3) is 2.76. The van der Waals surface area contributed by atoms with Gasteiger partial charge in [-0.05, 0) is 19.1 Å². The number of nitrogens with one attached hydrogen (secondary N) is 1. The molecule has 0 saturated carbocycles. The van der Waals surface area contributed by atoms with Crippen LogP contribution in [-0.4, -0.2) is 19.7 Å². The Morgan fingerprint density at radius 3 is 2.90 bits per heavy atom. The fourth-order valence-corrected chi connectivity index (χ4v) is 2.42. The van der Waals surface area contributed by atoms with Gasteiger partial charge < -0.3 is 0 Å². The van der Waals surface area contributed by atoms with Crippen LogP contribution in [0.25, 0.3) is 10.9 Å². The Kier molecular flexibility index (Phi) is 3.89. The molecule has 3 rings (SSSR count). The summed E-state index contributed by atoms with van der Waals surface area (Å²) < 4.78 is 1.87. The van der Waals surface area contributed by atoms with Crippen molar-refractivity contribution in [1.29, 1.82) is 0 Å². The summed E-state index contributed by atoms with van der Waals surface area (Å²) in [7, 11) is 0. The molecule has 0 saturated heterocycles. The zero-order chi connectivity index (χ0) is 14.7. The second-order valence-electron chi connectivity index (χ2n) is 4.84. The molecule has 0 aliphatic heterocycles. The molecule has 0 bridgehead atoms. The van der Waals surface area contributed by atoms with Crippen LogP contribution in [0.3, 0.4) is 0 Å². The molecule has 0 fully saturated rings. The van der Waals surface area contributed by atoms with Gasteiger partial charge in [0.05, 0.1) is 17.3 Å². The summed E-state index contributed by atoms with van der Waals surface area (Å²) in [6.45, 7) is 2.83. The van der Waals surface area contributed by atoms with Crippen LogP contribution in [0.1, 0.15) is 24.5 Å². The molecule has 0 aliphatic carbocycles. The number of nitrogens with two attached hydrogens (primary N) is 1.